The predicted octanol–water partition coefficient (Wildman–Crippen LogP) is 28.5. The third-order valence-corrected chi connectivity index (χ3v) is 19.7. The number of allylic oxidation sites excluding steroid dienone is 9. The van der Waals surface area contributed by atoms with Gasteiger partial charge in [-0.2, -0.15) is 0 Å². The summed E-state index contributed by atoms with van der Waals surface area (Å²) in [7, 11) is 0. The number of carbonyl (C=O) groups excluding carboxylic acids is 2. The molecule has 0 spiro atoms. The summed E-state index contributed by atoms with van der Waals surface area (Å²) >= 11 is 0. The van der Waals surface area contributed by atoms with Gasteiger partial charge in [-0.05, 0) is 89.9 Å². The number of rotatable bonds is 80. The highest BCUT2D eigenvalue weighted by atomic mass is 16.5. The minimum absolute atomic E-state index is 0.00496. The first-order valence-electron chi connectivity index (χ1n) is 42.6. The monoisotopic (exact) mass is 1320 g/mol. The number of carbonyl (C=O) groups is 2. The zero-order valence-corrected chi connectivity index (χ0v) is 63.5. The Labute approximate surface area is 588 Å². The first kappa shape index (κ1) is 91.6. The first-order chi connectivity index (χ1) is 46.5. The molecule has 0 aliphatic carbocycles. The molecule has 0 fully saturated rings. The average Bonchev–Trinajstić information content (AvgIpc) is 3.72. The molecule has 3 N–H and O–H groups in total. The van der Waals surface area contributed by atoms with Crippen LogP contribution in [-0.2, 0) is 14.3 Å². The molecular formula is C88H165NO5. The van der Waals surface area contributed by atoms with Crippen LogP contribution in [0.4, 0.5) is 0 Å². The van der Waals surface area contributed by atoms with Crippen molar-refractivity contribution in [1.82, 2.24) is 5.32 Å². The summed E-state index contributed by atoms with van der Waals surface area (Å²) in [5.74, 6) is -0.0550. The van der Waals surface area contributed by atoms with Crippen molar-refractivity contribution in [3.05, 3.63) is 60.8 Å². The Bertz CT molecular complexity index is 1620. The number of aliphatic hydroxyl groups is 2. The predicted molar refractivity (Wildman–Crippen MR) is 416 cm³/mol. The van der Waals surface area contributed by atoms with Gasteiger partial charge in [-0.3, -0.25) is 9.59 Å². The normalized spacial score (nSPS) is 12.8. The van der Waals surface area contributed by atoms with Gasteiger partial charge in [0.1, 0.15) is 0 Å². The summed E-state index contributed by atoms with van der Waals surface area (Å²) in [5, 5.41) is 23.3. The summed E-state index contributed by atoms with van der Waals surface area (Å²) in [4.78, 5) is 24.6. The number of ether oxygens (including phenoxy) is 1. The van der Waals surface area contributed by atoms with Crippen LogP contribution >= 0.6 is 0 Å². The van der Waals surface area contributed by atoms with Crippen molar-refractivity contribution in [1.29, 1.82) is 0 Å². The molecule has 2 unspecified atom stereocenters. The lowest BCUT2D eigenvalue weighted by atomic mass is 10.0. The third-order valence-electron chi connectivity index (χ3n) is 19.7. The Hall–Kier alpha value is -2.44. The molecule has 1 amide bonds. The van der Waals surface area contributed by atoms with Crippen LogP contribution in [0, 0.1) is 0 Å². The number of amides is 1. The molecule has 0 bridgehead atoms. The van der Waals surface area contributed by atoms with Gasteiger partial charge in [-0.1, -0.05) is 421 Å². The van der Waals surface area contributed by atoms with E-state index in [9.17, 15) is 19.8 Å². The van der Waals surface area contributed by atoms with Crippen LogP contribution in [0.25, 0.3) is 0 Å². The van der Waals surface area contributed by atoms with Crippen LogP contribution in [0.3, 0.4) is 0 Å². The van der Waals surface area contributed by atoms with Crippen LogP contribution < -0.4 is 5.32 Å². The standard InChI is InChI=1S/C88H165NO5/c1-3-5-7-9-11-13-15-17-18-19-20-21-22-38-41-44-47-50-53-57-60-64-68-72-76-80-86(91)85(84-90)89-87(92)81-77-73-69-65-61-58-54-51-48-45-42-39-36-34-32-30-28-26-24-23-25-27-29-31-33-35-37-40-43-46-49-52-55-59-63-67-71-75-79-83-94-88(93)82-78-74-70-66-62-56-16-14-12-10-8-6-4-2/h8,10,14,16,23-24,27,29,76,80,85-86,90-91H,3-7,9,11-13,15,17-22,25-26,28,30-75,77-79,81-84H2,1-2H3,(H,89,92)/b10-8-,16-14-,24-23-,29-27-,80-76+. The third kappa shape index (κ3) is 78.6. The average molecular weight is 1320 g/mol. The van der Waals surface area contributed by atoms with Crippen LogP contribution in [-0.4, -0.2) is 47.4 Å². The van der Waals surface area contributed by atoms with Gasteiger partial charge in [0.05, 0.1) is 25.4 Å². The Morgan fingerprint density at radius 2 is 0.553 bits per heavy atom. The number of aliphatic hydroxyl groups excluding tert-OH is 2. The molecular weight excluding hydrogens is 1150 g/mol. The highest BCUT2D eigenvalue weighted by Gasteiger charge is 2.18. The molecule has 0 heterocycles. The van der Waals surface area contributed by atoms with Gasteiger partial charge < -0.3 is 20.3 Å². The zero-order chi connectivity index (χ0) is 67.7. The Morgan fingerprint density at radius 3 is 0.851 bits per heavy atom. The molecule has 0 aliphatic rings. The molecule has 0 radical (unpaired) electrons. The van der Waals surface area contributed by atoms with Gasteiger partial charge in [-0.15, -0.1) is 0 Å². The molecule has 0 saturated heterocycles. The van der Waals surface area contributed by atoms with E-state index in [-0.39, 0.29) is 18.5 Å². The van der Waals surface area contributed by atoms with Crippen molar-refractivity contribution in [2.75, 3.05) is 13.2 Å². The van der Waals surface area contributed by atoms with E-state index in [1.807, 2.05) is 6.08 Å². The maximum Gasteiger partial charge on any atom is 0.305 e. The van der Waals surface area contributed by atoms with Gasteiger partial charge in [0.2, 0.25) is 5.91 Å². The van der Waals surface area contributed by atoms with Crippen molar-refractivity contribution in [2.45, 2.75) is 475 Å². The van der Waals surface area contributed by atoms with Crippen LogP contribution in [0.15, 0.2) is 60.8 Å². The summed E-state index contributed by atoms with van der Waals surface area (Å²) in [6.45, 7) is 4.88. The highest BCUT2D eigenvalue weighted by molar-refractivity contribution is 5.76. The van der Waals surface area contributed by atoms with E-state index in [0.29, 0.717) is 19.4 Å². The van der Waals surface area contributed by atoms with Gasteiger partial charge >= 0.3 is 5.97 Å². The number of unbranched alkanes of at least 4 members (excludes halogenated alkanes) is 61. The van der Waals surface area contributed by atoms with Crippen molar-refractivity contribution in [3.8, 4) is 0 Å². The lowest BCUT2D eigenvalue weighted by molar-refractivity contribution is -0.143. The molecule has 0 rings (SSSR count). The Morgan fingerprint density at radius 1 is 0.298 bits per heavy atom. The summed E-state index contributed by atoms with van der Waals surface area (Å²) in [6.07, 6.45) is 112. The van der Waals surface area contributed by atoms with E-state index < -0.39 is 12.1 Å². The second-order valence-electron chi connectivity index (χ2n) is 29.2. The lowest BCUT2D eigenvalue weighted by Crippen LogP contribution is -2.45. The SMILES string of the molecule is CCC/C=C\C/C=C\CCCCCCCC(=O)OCCCCCCCCCCCCCCCCC/C=C\C/C=C\CCCCCCCCCCCCCCCCCCCC(=O)NC(CO)C(O)/C=C/CCCCCCCCCCCCCCCCCCCCCCCCC. The van der Waals surface area contributed by atoms with E-state index in [1.54, 1.807) is 6.08 Å². The number of hydrogen-bond acceptors (Lipinski definition) is 5. The minimum atomic E-state index is -0.845. The lowest BCUT2D eigenvalue weighted by Gasteiger charge is -2.20. The summed E-state index contributed by atoms with van der Waals surface area (Å²) < 4.78 is 5.48. The van der Waals surface area contributed by atoms with Crippen molar-refractivity contribution < 1.29 is 24.5 Å². The maximum atomic E-state index is 12.6. The highest BCUT2D eigenvalue weighted by Crippen LogP contribution is 2.20. The molecule has 6 heteroatoms. The number of esters is 1. The van der Waals surface area contributed by atoms with Gasteiger partial charge in [0.15, 0.2) is 0 Å². The van der Waals surface area contributed by atoms with Crippen molar-refractivity contribution in [3.63, 3.8) is 0 Å². The molecule has 6 nitrogen and oxygen atoms in total. The van der Waals surface area contributed by atoms with Crippen LogP contribution in [0.5, 0.6) is 0 Å². The minimum Gasteiger partial charge on any atom is -0.466 e. The first-order valence-corrected chi connectivity index (χ1v) is 42.6. The molecule has 0 aromatic carbocycles. The smallest absolute Gasteiger partial charge is 0.305 e. The van der Waals surface area contributed by atoms with Gasteiger partial charge in [0.25, 0.3) is 0 Å². The molecule has 94 heavy (non-hydrogen) atoms. The quantitative estimate of drug-likeness (QED) is 0.0320. The fourth-order valence-electron chi connectivity index (χ4n) is 13.3. The molecule has 0 aromatic rings. The van der Waals surface area contributed by atoms with E-state index >= 15 is 0 Å². The van der Waals surface area contributed by atoms with Gasteiger partial charge in [0, 0.05) is 12.8 Å². The number of nitrogens with one attached hydrogen (secondary N) is 1. The van der Waals surface area contributed by atoms with Gasteiger partial charge in [-0.25, -0.2) is 0 Å². The Kier molecular flexibility index (Phi) is 80.8. The molecule has 0 aliphatic heterocycles. The van der Waals surface area contributed by atoms with Crippen LogP contribution in [0.2, 0.25) is 0 Å². The zero-order valence-electron chi connectivity index (χ0n) is 63.5. The van der Waals surface area contributed by atoms with Crippen LogP contribution in [0.1, 0.15) is 463 Å². The fraction of sp³-hybridized carbons (Fsp3) is 0.864. The topological polar surface area (TPSA) is 95.9 Å². The van der Waals surface area contributed by atoms with Crippen molar-refractivity contribution in [2.24, 2.45) is 0 Å². The number of hydrogen-bond donors (Lipinski definition) is 3. The maximum absolute atomic E-state index is 12.6. The second kappa shape index (κ2) is 83.0. The van der Waals surface area contributed by atoms with E-state index in [1.165, 1.54) is 379 Å². The second-order valence-corrected chi connectivity index (χ2v) is 29.2. The molecule has 2 atom stereocenters. The van der Waals surface area contributed by atoms with E-state index in [4.69, 9.17) is 4.74 Å². The molecule has 0 saturated carbocycles. The van der Waals surface area contributed by atoms with E-state index in [2.05, 4.69) is 67.8 Å². The Balaban J connectivity index is 3.39. The fourth-order valence-corrected chi connectivity index (χ4v) is 13.3. The summed E-state index contributed by atoms with van der Waals surface area (Å²) in [6, 6.07) is -0.628. The van der Waals surface area contributed by atoms with E-state index in [0.717, 1.165) is 57.8 Å². The molecule has 552 valence electrons. The summed E-state index contributed by atoms with van der Waals surface area (Å²) in [5.41, 5.74) is 0. The molecule has 0 aromatic heterocycles. The largest absolute Gasteiger partial charge is 0.466 e. The van der Waals surface area contributed by atoms with Crippen molar-refractivity contribution >= 4 is 11.9 Å².